The Balaban J connectivity index is 1.68. The van der Waals surface area contributed by atoms with Crippen LogP contribution in [0.1, 0.15) is 27.7 Å². The SMILES string of the molecule is NC(=O)COc1ccc(C2c3c(oc4ccc(Cl)cc4c3=O)C(=O)N2c2nccs2)cc1. The molecule has 0 spiro atoms. The lowest BCUT2D eigenvalue weighted by Crippen LogP contribution is -2.29. The van der Waals surface area contributed by atoms with Crippen LogP contribution in [0.4, 0.5) is 5.13 Å². The highest BCUT2D eigenvalue weighted by Gasteiger charge is 2.44. The summed E-state index contributed by atoms with van der Waals surface area (Å²) in [4.78, 5) is 43.5. The summed E-state index contributed by atoms with van der Waals surface area (Å²) >= 11 is 7.36. The minimum absolute atomic E-state index is 0.0286. The van der Waals surface area contributed by atoms with E-state index >= 15 is 0 Å². The molecule has 0 saturated heterocycles. The van der Waals surface area contributed by atoms with Gasteiger partial charge < -0.3 is 14.9 Å². The van der Waals surface area contributed by atoms with Gasteiger partial charge in [0.2, 0.25) is 5.76 Å². The van der Waals surface area contributed by atoms with Crippen molar-refractivity contribution >= 4 is 50.9 Å². The first-order valence-corrected chi connectivity index (χ1v) is 10.7. The molecule has 1 unspecified atom stereocenters. The van der Waals surface area contributed by atoms with E-state index in [1.165, 1.54) is 22.3 Å². The van der Waals surface area contributed by atoms with E-state index in [9.17, 15) is 14.4 Å². The molecule has 5 rings (SSSR count). The second kappa shape index (κ2) is 7.77. The molecule has 3 heterocycles. The minimum atomic E-state index is -0.756. The highest BCUT2D eigenvalue weighted by molar-refractivity contribution is 7.13. The van der Waals surface area contributed by atoms with Crippen molar-refractivity contribution < 1.29 is 18.7 Å². The van der Waals surface area contributed by atoms with Crippen LogP contribution in [0, 0.1) is 0 Å². The number of benzene rings is 2. The number of aromatic nitrogens is 1. The third kappa shape index (κ3) is 3.31. The third-order valence-corrected chi connectivity index (χ3v) is 6.04. The Morgan fingerprint density at radius 1 is 1.22 bits per heavy atom. The maximum absolute atomic E-state index is 13.5. The number of hydrogen-bond acceptors (Lipinski definition) is 7. The fraction of sp³-hybridized carbons (Fsp3) is 0.0909. The molecule has 0 aliphatic carbocycles. The molecule has 32 heavy (non-hydrogen) atoms. The summed E-state index contributed by atoms with van der Waals surface area (Å²) in [6.45, 7) is -0.258. The molecule has 10 heteroatoms. The van der Waals surface area contributed by atoms with Gasteiger partial charge in [-0.2, -0.15) is 0 Å². The molecule has 4 aromatic rings. The molecule has 0 radical (unpaired) electrons. The predicted octanol–water partition coefficient (Wildman–Crippen LogP) is 3.52. The quantitative estimate of drug-likeness (QED) is 0.480. The first kappa shape index (κ1) is 20.2. The van der Waals surface area contributed by atoms with E-state index in [1.807, 2.05) is 0 Å². The van der Waals surface area contributed by atoms with Gasteiger partial charge in [-0.3, -0.25) is 19.3 Å². The van der Waals surface area contributed by atoms with Crippen molar-refractivity contribution in [2.45, 2.75) is 6.04 Å². The highest BCUT2D eigenvalue weighted by Crippen LogP contribution is 2.42. The molecule has 160 valence electrons. The largest absolute Gasteiger partial charge is 0.484 e. The van der Waals surface area contributed by atoms with E-state index in [-0.39, 0.29) is 34.3 Å². The van der Waals surface area contributed by atoms with Gasteiger partial charge in [-0.15, -0.1) is 11.3 Å². The Morgan fingerprint density at radius 3 is 2.69 bits per heavy atom. The monoisotopic (exact) mass is 467 g/mol. The number of carbonyl (C=O) groups excluding carboxylic acids is 2. The molecule has 2 aromatic carbocycles. The molecule has 1 aliphatic rings. The topological polar surface area (TPSA) is 116 Å². The minimum Gasteiger partial charge on any atom is -0.484 e. The summed E-state index contributed by atoms with van der Waals surface area (Å²) in [5.41, 5.74) is 5.92. The molecule has 1 aliphatic heterocycles. The average molecular weight is 468 g/mol. The van der Waals surface area contributed by atoms with Crippen LogP contribution in [0.5, 0.6) is 5.75 Å². The van der Waals surface area contributed by atoms with Gasteiger partial charge in [0.05, 0.1) is 17.0 Å². The molecule has 0 bridgehead atoms. The lowest BCUT2D eigenvalue weighted by molar-refractivity contribution is -0.119. The second-order valence-electron chi connectivity index (χ2n) is 7.03. The number of halogens is 1. The number of amides is 2. The normalized spacial score (nSPS) is 15.2. The van der Waals surface area contributed by atoms with Gasteiger partial charge in [-0.25, -0.2) is 4.98 Å². The number of thiazole rings is 1. The number of fused-ring (bicyclic) bond motifs is 2. The van der Waals surface area contributed by atoms with Gasteiger partial charge in [0.15, 0.2) is 17.2 Å². The van der Waals surface area contributed by atoms with E-state index < -0.39 is 17.9 Å². The smallest absolute Gasteiger partial charge is 0.297 e. The Labute approximate surface area is 189 Å². The number of carbonyl (C=O) groups is 2. The van der Waals surface area contributed by atoms with Crippen LogP contribution in [0.3, 0.4) is 0 Å². The standard InChI is InChI=1S/C22H14ClN3O5S/c23-12-3-6-15-14(9-12)19(28)17-18(11-1-4-13(5-2-11)30-10-16(24)27)26(21(29)20(17)31-15)22-25-7-8-32-22/h1-9,18H,10H2,(H2,24,27). The van der Waals surface area contributed by atoms with Crippen molar-refractivity contribution in [2.75, 3.05) is 11.5 Å². The Bertz CT molecular complexity index is 1420. The van der Waals surface area contributed by atoms with Gasteiger partial charge >= 0.3 is 0 Å². The number of anilines is 1. The molecule has 8 nitrogen and oxygen atoms in total. The van der Waals surface area contributed by atoms with Gasteiger partial charge in [0, 0.05) is 16.6 Å². The third-order valence-electron chi connectivity index (χ3n) is 5.03. The van der Waals surface area contributed by atoms with Gasteiger partial charge in [-0.05, 0) is 35.9 Å². The summed E-state index contributed by atoms with van der Waals surface area (Å²) in [6, 6.07) is 10.6. The molecule has 0 saturated carbocycles. The summed E-state index contributed by atoms with van der Waals surface area (Å²) < 4.78 is 11.2. The Kier molecular flexibility index (Phi) is 4.91. The van der Waals surface area contributed by atoms with Crippen LogP contribution in [0.25, 0.3) is 11.0 Å². The van der Waals surface area contributed by atoms with Gasteiger partial charge in [0.1, 0.15) is 11.3 Å². The Hall–Kier alpha value is -3.69. The predicted molar refractivity (Wildman–Crippen MR) is 119 cm³/mol. The van der Waals surface area contributed by atoms with Crippen molar-refractivity contribution in [3.63, 3.8) is 0 Å². The average Bonchev–Trinajstić information content (AvgIpc) is 3.40. The van der Waals surface area contributed by atoms with Crippen molar-refractivity contribution in [3.05, 3.63) is 86.2 Å². The van der Waals surface area contributed by atoms with Crippen molar-refractivity contribution in [1.29, 1.82) is 0 Å². The summed E-state index contributed by atoms with van der Waals surface area (Å²) in [7, 11) is 0. The number of ether oxygens (including phenoxy) is 1. The molecule has 0 fully saturated rings. The summed E-state index contributed by atoms with van der Waals surface area (Å²) in [5, 5.41) is 2.85. The highest BCUT2D eigenvalue weighted by atomic mass is 35.5. The maximum atomic E-state index is 13.5. The zero-order valence-electron chi connectivity index (χ0n) is 16.3. The number of nitrogens with two attached hydrogens (primary N) is 1. The lowest BCUT2D eigenvalue weighted by Gasteiger charge is -2.22. The van der Waals surface area contributed by atoms with E-state index in [4.69, 9.17) is 26.5 Å². The molecule has 2 amide bonds. The van der Waals surface area contributed by atoms with E-state index in [0.29, 0.717) is 21.5 Å². The first-order valence-electron chi connectivity index (χ1n) is 9.44. The molecule has 1 atom stereocenters. The Morgan fingerprint density at radius 2 is 2.00 bits per heavy atom. The van der Waals surface area contributed by atoms with Crippen LogP contribution in [-0.2, 0) is 4.79 Å². The van der Waals surface area contributed by atoms with Gasteiger partial charge in [0.25, 0.3) is 11.8 Å². The van der Waals surface area contributed by atoms with Gasteiger partial charge in [-0.1, -0.05) is 23.7 Å². The van der Waals surface area contributed by atoms with Crippen LogP contribution in [0.2, 0.25) is 5.02 Å². The fourth-order valence-electron chi connectivity index (χ4n) is 3.69. The van der Waals surface area contributed by atoms with Crippen LogP contribution in [0.15, 0.2) is 63.3 Å². The fourth-order valence-corrected chi connectivity index (χ4v) is 4.53. The number of primary amides is 1. The number of rotatable bonds is 5. The van der Waals surface area contributed by atoms with E-state index in [0.717, 1.165) is 0 Å². The summed E-state index contributed by atoms with van der Waals surface area (Å²) in [5.74, 6) is -0.653. The zero-order chi connectivity index (χ0) is 22.4. The molecule has 2 aromatic heterocycles. The van der Waals surface area contributed by atoms with Crippen molar-refractivity contribution in [2.24, 2.45) is 5.73 Å². The van der Waals surface area contributed by atoms with Crippen molar-refractivity contribution in [3.8, 4) is 5.75 Å². The molecular weight excluding hydrogens is 454 g/mol. The first-order chi connectivity index (χ1) is 15.4. The summed E-state index contributed by atoms with van der Waals surface area (Å²) in [6.07, 6.45) is 1.58. The van der Waals surface area contributed by atoms with Crippen LogP contribution in [-0.4, -0.2) is 23.4 Å². The second-order valence-corrected chi connectivity index (χ2v) is 8.34. The lowest BCUT2D eigenvalue weighted by atomic mass is 9.98. The maximum Gasteiger partial charge on any atom is 0.297 e. The van der Waals surface area contributed by atoms with Crippen LogP contribution >= 0.6 is 22.9 Å². The molecule has 2 N–H and O–H groups in total. The molecular formula is C22H14ClN3O5S. The van der Waals surface area contributed by atoms with Crippen LogP contribution < -0.4 is 20.8 Å². The number of hydrogen-bond donors (Lipinski definition) is 1. The number of nitrogens with zero attached hydrogens (tertiary/aromatic N) is 2. The zero-order valence-corrected chi connectivity index (χ0v) is 17.9. The van der Waals surface area contributed by atoms with E-state index in [2.05, 4.69) is 4.98 Å². The van der Waals surface area contributed by atoms with Crippen molar-refractivity contribution in [1.82, 2.24) is 4.98 Å². The van der Waals surface area contributed by atoms with E-state index in [1.54, 1.807) is 48.0 Å².